The van der Waals surface area contributed by atoms with Crippen molar-refractivity contribution in [1.82, 2.24) is 5.32 Å². The van der Waals surface area contributed by atoms with Gasteiger partial charge in [0.05, 0.1) is 0 Å². The molecule has 2 rings (SSSR count). The maximum atomic E-state index is 9.10. The number of hydrogen-bond acceptors (Lipinski definition) is 3. The SMILES string of the molecule is CC(CNCCc1ccccc1)c1ccccc1.O=C(O)C(=O)O. The third kappa shape index (κ3) is 8.10. The summed E-state index contributed by atoms with van der Waals surface area (Å²) in [7, 11) is 0. The van der Waals surface area contributed by atoms with Gasteiger partial charge in [-0.15, -0.1) is 0 Å². The second-order valence-corrected chi connectivity index (χ2v) is 5.36. The average Bonchev–Trinajstić information content (AvgIpc) is 2.60. The van der Waals surface area contributed by atoms with Crippen molar-refractivity contribution in [2.45, 2.75) is 19.3 Å². The molecule has 5 heteroatoms. The Morgan fingerprint density at radius 3 is 1.92 bits per heavy atom. The molecule has 1 unspecified atom stereocenters. The molecule has 0 saturated carbocycles. The molecule has 0 aliphatic heterocycles. The molecule has 0 saturated heterocycles. The van der Waals surface area contributed by atoms with Gasteiger partial charge >= 0.3 is 11.9 Å². The van der Waals surface area contributed by atoms with Crippen LogP contribution in [0.15, 0.2) is 60.7 Å². The van der Waals surface area contributed by atoms with Crippen molar-refractivity contribution in [3.63, 3.8) is 0 Å². The first kappa shape index (κ1) is 19.4. The van der Waals surface area contributed by atoms with Crippen LogP contribution in [0.5, 0.6) is 0 Å². The fourth-order valence-corrected chi connectivity index (χ4v) is 2.10. The molecule has 0 fully saturated rings. The van der Waals surface area contributed by atoms with E-state index in [0.29, 0.717) is 5.92 Å². The highest BCUT2D eigenvalue weighted by Crippen LogP contribution is 2.12. The quantitative estimate of drug-likeness (QED) is 0.560. The van der Waals surface area contributed by atoms with Crippen LogP contribution in [0, 0.1) is 0 Å². The highest BCUT2D eigenvalue weighted by atomic mass is 16.4. The molecule has 1 atom stereocenters. The molecule has 0 aromatic heterocycles. The summed E-state index contributed by atoms with van der Waals surface area (Å²) in [6.07, 6.45) is 1.10. The van der Waals surface area contributed by atoms with Gasteiger partial charge in [0.1, 0.15) is 0 Å². The highest BCUT2D eigenvalue weighted by molar-refractivity contribution is 6.27. The minimum absolute atomic E-state index is 0.571. The van der Waals surface area contributed by atoms with Crippen molar-refractivity contribution >= 4 is 11.9 Å². The molecule has 5 nitrogen and oxygen atoms in total. The zero-order valence-electron chi connectivity index (χ0n) is 13.7. The highest BCUT2D eigenvalue weighted by Gasteiger charge is 2.04. The summed E-state index contributed by atoms with van der Waals surface area (Å²) in [5.41, 5.74) is 2.81. The zero-order chi connectivity index (χ0) is 17.8. The molecule has 0 aliphatic carbocycles. The predicted molar refractivity (Wildman–Crippen MR) is 93.1 cm³/mol. The molecule has 0 amide bonds. The zero-order valence-corrected chi connectivity index (χ0v) is 13.7. The molecule has 2 aromatic rings. The van der Waals surface area contributed by atoms with E-state index in [1.807, 2.05) is 0 Å². The summed E-state index contributed by atoms with van der Waals surface area (Å²) in [4.78, 5) is 18.2. The van der Waals surface area contributed by atoms with E-state index in [0.717, 1.165) is 19.5 Å². The minimum atomic E-state index is -1.82. The maximum absolute atomic E-state index is 9.10. The Morgan fingerprint density at radius 1 is 0.917 bits per heavy atom. The van der Waals surface area contributed by atoms with Gasteiger partial charge in [-0.2, -0.15) is 0 Å². The van der Waals surface area contributed by atoms with E-state index in [1.165, 1.54) is 11.1 Å². The van der Waals surface area contributed by atoms with Crippen LogP contribution in [0.3, 0.4) is 0 Å². The van der Waals surface area contributed by atoms with Crippen molar-refractivity contribution < 1.29 is 19.8 Å². The summed E-state index contributed by atoms with van der Waals surface area (Å²) in [6.45, 7) is 4.35. The molecule has 0 spiro atoms. The van der Waals surface area contributed by atoms with Crippen LogP contribution in [0.2, 0.25) is 0 Å². The van der Waals surface area contributed by atoms with Gasteiger partial charge in [0, 0.05) is 6.54 Å². The van der Waals surface area contributed by atoms with Gasteiger partial charge in [0.15, 0.2) is 0 Å². The summed E-state index contributed by atoms with van der Waals surface area (Å²) in [5.74, 6) is -3.08. The van der Waals surface area contributed by atoms with Gasteiger partial charge in [0.2, 0.25) is 0 Å². The predicted octanol–water partition coefficient (Wildman–Crippen LogP) is 2.78. The molecule has 0 heterocycles. The van der Waals surface area contributed by atoms with Crippen LogP contribution in [-0.4, -0.2) is 35.2 Å². The van der Waals surface area contributed by atoms with Crippen molar-refractivity contribution in [3.8, 4) is 0 Å². The van der Waals surface area contributed by atoms with Crippen molar-refractivity contribution in [2.24, 2.45) is 0 Å². The smallest absolute Gasteiger partial charge is 0.414 e. The average molecular weight is 329 g/mol. The number of hydrogen-bond donors (Lipinski definition) is 3. The fourth-order valence-electron chi connectivity index (χ4n) is 2.10. The van der Waals surface area contributed by atoms with Crippen molar-refractivity contribution in [2.75, 3.05) is 13.1 Å². The molecule has 0 aliphatic rings. The van der Waals surface area contributed by atoms with E-state index in [2.05, 4.69) is 72.9 Å². The van der Waals surface area contributed by atoms with Gasteiger partial charge in [-0.05, 0) is 30.0 Å². The topological polar surface area (TPSA) is 86.6 Å². The number of benzene rings is 2. The first-order chi connectivity index (χ1) is 11.5. The lowest BCUT2D eigenvalue weighted by Crippen LogP contribution is -2.22. The van der Waals surface area contributed by atoms with Crippen LogP contribution < -0.4 is 5.32 Å². The second kappa shape index (κ2) is 11.0. The Labute approximate surface area is 142 Å². The van der Waals surface area contributed by atoms with Crippen LogP contribution in [0.25, 0.3) is 0 Å². The first-order valence-corrected chi connectivity index (χ1v) is 7.76. The molecule has 0 bridgehead atoms. The van der Waals surface area contributed by atoms with E-state index in [9.17, 15) is 0 Å². The molecule has 24 heavy (non-hydrogen) atoms. The summed E-state index contributed by atoms with van der Waals surface area (Å²) < 4.78 is 0. The normalized spacial score (nSPS) is 11.0. The van der Waals surface area contributed by atoms with Gasteiger partial charge in [0.25, 0.3) is 0 Å². The van der Waals surface area contributed by atoms with Crippen molar-refractivity contribution in [1.29, 1.82) is 0 Å². The van der Waals surface area contributed by atoms with Crippen LogP contribution >= 0.6 is 0 Å². The third-order valence-electron chi connectivity index (χ3n) is 3.44. The fraction of sp³-hybridized carbons (Fsp3) is 0.263. The molecular formula is C19H23NO4. The van der Waals surface area contributed by atoms with Crippen molar-refractivity contribution in [3.05, 3.63) is 71.8 Å². The summed E-state index contributed by atoms with van der Waals surface area (Å²) in [5, 5.41) is 18.3. The Kier molecular flexibility index (Phi) is 8.86. The lowest BCUT2D eigenvalue weighted by molar-refractivity contribution is -0.159. The number of rotatable bonds is 6. The molecule has 2 aromatic carbocycles. The minimum Gasteiger partial charge on any atom is -0.473 e. The van der Waals surface area contributed by atoms with Crippen LogP contribution in [0.1, 0.15) is 24.0 Å². The monoisotopic (exact) mass is 329 g/mol. The number of carboxylic acids is 2. The van der Waals surface area contributed by atoms with Gasteiger partial charge < -0.3 is 15.5 Å². The Bertz CT molecular complexity index is 602. The van der Waals surface area contributed by atoms with E-state index in [1.54, 1.807) is 0 Å². The summed E-state index contributed by atoms with van der Waals surface area (Å²) >= 11 is 0. The van der Waals surface area contributed by atoms with E-state index in [-0.39, 0.29) is 0 Å². The second-order valence-electron chi connectivity index (χ2n) is 5.36. The molecular weight excluding hydrogens is 306 g/mol. The lowest BCUT2D eigenvalue weighted by Gasteiger charge is -2.13. The van der Waals surface area contributed by atoms with E-state index in [4.69, 9.17) is 19.8 Å². The Balaban J connectivity index is 0.000000413. The van der Waals surface area contributed by atoms with E-state index < -0.39 is 11.9 Å². The molecule has 0 radical (unpaired) electrons. The Morgan fingerprint density at radius 2 is 1.42 bits per heavy atom. The maximum Gasteiger partial charge on any atom is 0.414 e. The molecule has 3 N–H and O–H groups in total. The van der Waals surface area contributed by atoms with Gasteiger partial charge in [-0.25, -0.2) is 9.59 Å². The number of nitrogens with one attached hydrogen (secondary N) is 1. The largest absolute Gasteiger partial charge is 0.473 e. The van der Waals surface area contributed by atoms with Crippen LogP contribution in [0.4, 0.5) is 0 Å². The summed E-state index contributed by atoms with van der Waals surface area (Å²) in [6, 6.07) is 21.3. The third-order valence-corrected chi connectivity index (χ3v) is 3.44. The number of carbonyl (C=O) groups is 2. The van der Waals surface area contributed by atoms with Gasteiger partial charge in [-0.3, -0.25) is 0 Å². The first-order valence-electron chi connectivity index (χ1n) is 7.76. The lowest BCUT2D eigenvalue weighted by atomic mass is 10.0. The Hall–Kier alpha value is -2.66. The standard InChI is InChI=1S/C17H21N.C2H2O4/c1-15(17-10-6-3-7-11-17)14-18-13-12-16-8-4-2-5-9-16;3-1(4)2(5)6/h2-11,15,18H,12-14H2,1H3;(H,3,4)(H,5,6). The van der Waals surface area contributed by atoms with Crippen LogP contribution in [-0.2, 0) is 16.0 Å². The number of aliphatic carboxylic acids is 2. The number of carboxylic acid groups (broad SMARTS) is 2. The van der Waals surface area contributed by atoms with Gasteiger partial charge in [-0.1, -0.05) is 67.6 Å². The molecule has 128 valence electrons. The van der Waals surface area contributed by atoms with E-state index >= 15 is 0 Å².